The number of amides is 1. The maximum atomic E-state index is 12.9. The van der Waals surface area contributed by atoms with Crippen LogP contribution in [0.3, 0.4) is 0 Å². The van der Waals surface area contributed by atoms with Crippen LogP contribution in [0.5, 0.6) is 5.75 Å². The van der Waals surface area contributed by atoms with E-state index >= 15 is 0 Å². The third-order valence-electron chi connectivity index (χ3n) is 4.31. The minimum atomic E-state index is -0.0584. The third-order valence-corrected chi connectivity index (χ3v) is 4.31. The zero-order valence-electron chi connectivity index (χ0n) is 14.5. The molecule has 6 nitrogen and oxygen atoms in total. The summed E-state index contributed by atoms with van der Waals surface area (Å²) in [5.74, 6) is 0.754. The molecular weight excluding hydrogens is 316 g/mol. The molecule has 1 heterocycles. The van der Waals surface area contributed by atoms with Crippen LogP contribution >= 0.6 is 0 Å². The standard InChI is InChI=1S/C19H20N4O2/c1-14(15-7-9-18(25-3)10-8-15)22(2)19(24)16-5-4-6-17(11-16)23-12-20-21-13-23/h4-14H,1-3H3/t14-/m1/s1. The van der Waals surface area contributed by atoms with E-state index < -0.39 is 0 Å². The number of ether oxygens (including phenoxy) is 1. The van der Waals surface area contributed by atoms with Gasteiger partial charge in [0.2, 0.25) is 0 Å². The molecule has 0 unspecified atom stereocenters. The van der Waals surface area contributed by atoms with Crippen molar-refractivity contribution in [3.63, 3.8) is 0 Å². The van der Waals surface area contributed by atoms with Crippen molar-refractivity contribution in [2.75, 3.05) is 14.2 Å². The Morgan fingerprint density at radius 1 is 1.12 bits per heavy atom. The number of rotatable bonds is 5. The van der Waals surface area contributed by atoms with Gasteiger partial charge >= 0.3 is 0 Å². The molecule has 0 aliphatic heterocycles. The highest BCUT2D eigenvalue weighted by atomic mass is 16.5. The van der Waals surface area contributed by atoms with Crippen LogP contribution in [-0.4, -0.2) is 39.7 Å². The first kappa shape index (κ1) is 16.7. The summed E-state index contributed by atoms with van der Waals surface area (Å²) in [7, 11) is 3.44. The van der Waals surface area contributed by atoms with Gasteiger partial charge in [0.05, 0.1) is 13.2 Å². The smallest absolute Gasteiger partial charge is 0.254 e. The molecule has 1 aromatic heterocycles. The van der Waals surface area contributed by atoms with Gasteiger partial charge in [0.15, 0.2) is 0 Å². The van der Waals surface area contributed by atoms with Crippen molar-refractivity contribution in [2.24, 2.45) is 0 Å². The lowest BCUT2D eigenvalue weighted by atomic mass is 10.1. The minimum Gasteiger partial charge on any atom is -0.497 e. The second-order valence-electron chi connectivity index (χ2n) is 5.78. The lowest BCUT2D eigenvalue weighted by Gasteiger charge is -2.25. The molecule has 0 radical (unpaired) electrons. The summed E-state index contributed by atoms with van der Waals surface area (Å²) in [6.07, 6.45) is 3.21. The molecule has 25 heavy (non-hydrogen) atoms. The molecule has 0 saturated heterocycles. The van der Waals surface area contributed by atoms with Crippen molar-refractivity contribution in [1.29, 1.82) is 0 Å². The van der Waals surface area contributed by atoms with Gasteiger partial charge in [-0.05, 0) is 42.8 Å². The van der Waals surface area contributed by atoms with Gasteiger partial charge in [-0.3, -0.25) is 9.36 Å². The molecule has 0 aliphatic rings. The zero-order chi connectivity index (χ0) is 17.8. The van der Waals surface area contributed by atoms with Gasteiger partial charge in [-0.25, -0.2) is 0 Å². The van der Waals surface area contributed by atoms with Gasteiger partial charge < -0.3 is 9.64 Å². The molecule has 1 atom stereocenters. The molecule has 0 spiro atoms. The average molecular weight is 336 g/mol. The second-order valence-corrected chi connectivity index (χ2v) is 5.78. The van der Waals surface area contributed by atoms with Crippen LogP contribution < -0.4 is 4.74 Å². The van der Waals surface area contributed by atoms with E-state index in [4.69, 9.17) is 4.74 Å². The van der Waals surface area contributed by atoms with Crippen LogP contribution in [0.2, 0.25) is 0 Å². The van der Waals surface area contributed by atoms with Crippen LogP contribution in [-0.2, 0) is 0 Å². The molecule has 3 rings (SSSR count). The molecule has 0 N–H and O–H groups in total. The quantitative estimate of drug-likeness (QED) is 0.718. The number of methoxy groups -OCH3 is 1. The van der Waals surface area contributed by atoms with Gasteiger partial charge in [-0.2, -0.15) is 0 Å². The number of aromatic nitrogens is 3. The third kappa shape index (κ3) is 3.52. The van der Waals surface area contributed by atoms with E-state index in [9.17, 15) is 4.79 Å². The van der Waals surface area contributed by atoms with E-state index in [-0.39, 0.29) is 11.9 Å². The highest BCUT2D eigenvalue weighted by Gasteiger charge is 2.19. The van der Waals surface area contributed by atoms with Crippen LogP contribution in [0, 0.1) is 0 Å². The van der Waals surface area contributed by atoms with E-state index in [1.54, 1.807) is 29.2 Å². The van der Waals surface area contributed by atoms with Crippen LogP contribution in [0.15, 0.2) is 61.2 Å². The summed E-state index contributed by atoms with van der Waals surface area (Å²) in [6, 6.07) is 15.1. The molecule has 0 saturated carbocycles. The van der Waals surface area contributed by atoms with Crippen LogP contribution in [0.25, 0.3) is 5.69 Å². The molecule has 0 bridgehead atoms. The topological polar surface area (TPSA) is 60.2 Å². The Hall–Kier alpha value is -3.15. The number of nitrogens with zero attached hydrogens (tertiary/aromatic N) is 4. The van der Waals surface area contributed by atoms with E-state index in [2.05, 4.69) is 10.2 Å². The SMILES string of the molecule is COc1ccc([C@@H](C)N(C)C(=O)c2cccc(-n3cnnc3)c2)cc1. The molecule has 128 valence electrons. The van der Waals surface area contributed by atoms with Crippen molar-refractivity contribution < 1.29 is 9.53 Å². The van der Waals surface area contributed by atoms with E-state index in [1.807, 2.05) is 62.5 Å². The van der Waals surface area contributed by atoms with Crippen LogP contribution in [0.1, 0.15) is 28.9 Å². The van der Waals surface area contributed by atoms with Gasteiger partial charge in [-0.1, -0.05) is 18.2 Å². The van der Waals surface area contributed by atoms with Crippen molar-refractivity contribution in [3.8, 4) is 11.4 Å². The summed E-state index contributed by atoms with van der Waals surface area (Å²) < 4.78 is 6.95. The molecule has 0 fully saturated rings. The first-order chi connectivity index (χ1) is 12.1. The minimum absolute atomic E-state index is 0.0433. The number of benzene rings is 2. The zero-order valence-corrected chi connectivity index (χ0v) is 14.5. The first-order valence-electron chi connectivity index (χ1n) is 7.96. The van der Waals surface area contributed by atoms with Crippen molar-refractivity contribution in [2.45, 2.75) is 13.0 Å². The number of carbonyl (C=O) groups excluding carboxylic acids is 1. The van der Waals surface area contributed by atoms with Gasteiger partial charge in [0.25, 0.3) is 5.91 Å². The fourth-order valence-corrected chi connectivity index (χ4v) is 2.62. The Morgan fingerprint density at radius 3 is 2.44 bits per heavy atom. The second kappa shape index (κ2) is 7.17. The Bertz CT molecular complexity index is 844. The molecule has 3 aromatic rings. The summed E-state index contributed by atoms with van der Waals surface area (Å²) in [5.41, 5.74) is 2.52. The van der Waals surface area contributed by atoms with Gasteiger partial charge in [-0.15, -0.1) is 10.2 Å². The maximum Gasteiger partial charge on any atom is 0.254 e. The summed E-state index contributed by atoms with van der Waals surface area (Å²) in [5, 5.41) is 7.60. The summed E-state index contributed by atoms with van der Waals surface area (Å²) in [6.45, 7) is 2.00. The lowest BCUT2D eigenvalue weighted by molar-refractivity contribution is 0.0742. The average Bonchev–Trinajstić information content (AvgIpc) is 3.21. The normalized spacial score (nSPS) is 11.8. The van der Waals surface area contributed by atoms with Crippen molar-refractivity contribution in [1.82, 2.24) is 19.7 Å². The molecule has 1 amide bonds. The lowest BCUT2D eigenvalue weighted by Crippen LogP contribution is -2.29. The Labute approximate surface area is 146 Å². The monoisotopic (exact) mass is 336 g/mol. The summed E-state index contributed by atoms with van der Waals surface area (Å²) >= 11 is 0. The fourth-order valence-electron chi connectivity index (χ4n) is 2.62. The highest BCUT2D eigenvalue weighted by molar-refractivity contribution is 5.94. The Balaban J connectivity index is 1.80. The van der Waals surface area contributed by atoms with E-state index in [0.717, 1.165) is 17.0 Å². The fraction of sp³-hybridized carbons (Fsp3) is 0.211. The Kier molecular flexibility index (Phi) is 4.79. The van der Waals surface area contributed by atoms with Crippen molar-refractivity contribution in [3.05, 3.63) is 72.3 Å². The van der Waals surface area contributed by atoms with E-state index in [1.165, 1.54) is 0 Å². The predicted octanol–water partition coefficient (Wildman–Crippen LogP) is 3.11. The highest BCUT2D eigenvalue weighted by Crippen LogP contribution is 2.23. The largest absolute Gasteiger partial charge is 0.497 e. The maximum absolute atomic E-state index is 12.9. The summed E-state index contributed by atoms with van der Waals surface area (Å²) in [4.78, 5) is 14.6. The van der Waals surface area contributed by atoms with E-state index in [0.29, 0.717) is 5.56 Å². The van der Waals surface area contributed by atoms with Crippen molar-refractivity contribution >= 4 is 5.91 Å². The predicted molar refractivity (Wildman–Crippen MR) is 94.9 cm³/mol. The first-order valence-corrected chi connectivity index (χ1v) is 7.96. The van der Waals surface area contributed by atoms with Crippen LogP contribution in [0.4, 0.5) is 0 Å². The molecule has 0 aliphatic carbocycles. The van der Waals surface area contributed by atoms with Gasteiger partial charge in [0.1, 0.15) is 18.4 Å². The molecular formula is C19H20N4O2. The molecule has 6 heteroatoms. The molecule has 2 aromatic carbocycles. The number of hydrogen-bond donors (Lipinski definition) is 0. The van der Waals surface area contributed by atoms with Gasteiger partial charge in [0, 0.05) is 18.3 Å². The number of hydrogen-bond acceptors (Lipinski definition) is 4. The Morgan fingerprint density at radius 2 is 1.80 bits per heavy atom. The number of carbonyl (C=O) groups is 1.